The molecule has 0 aromatic carbocycles. The van der Waals surface area contributed by atoms with Gasteiger partial charge in [-0.15, -0.1) is 0 Å². The molecule has 1 aliphatic heterocycles. The van der Waals surface area contributed by atoms with Gasteiger partial charge in [0.2, 0.25) is 5.24 Å². The summed E-state index contributed by atoms with van der Waals surface area (Å²) in [6.45, 7) is 0.934. The van der Waals surface area contributed by atoms with Crippen molar-refractivity contribution < 1.29 is 4.79 Å². The van der Waals surface area contributed by atoms with Crippen molar-refractivity contribution in [2.24, 2.45) is 0 Å². The van der Waals surface area contributed by atoms with E-state index in [0.717, 1.165) is 13.0 Å². The Labute approximate surface area is 46.8 Å². The van der Waals surface area contributed by atoms with E-state index in [2.05, 4.69) is 5.32 Å². The molecule has 7 heavy (non-hydrogen) atoms. The largest absolute Gasteiger partial charge is 0.306 e. The second kappa shape index (κ2) is 1.80. The van der Waals surface area contributed by atoms with Crippen molar-refractivity contribution in [2.45, 2.75) is 12.5 Å². The lowest BCUT2D eigenvalue weighted by atomic mass is 10.1. The van der Waals surface area contributed by atoms with E-state index in [-0.39, 0.29) is 11.3 Å². The average Bonchev–Trinajstić information content (AvgIpc) is 1.23. The maximum absolute atomic E-state index is 10.1. The number of nitrogens with one attached hydrogen (secondary N) is 1. The molecule has 1 heterocycles. The van der Waals surface area contributed by atoms with Gasteiger partial charge in [0.15, 0.2) is 0 Å². The maximum atomic E-state index is 10.1. The highest BCUT2D eigenvalue weighted by Crippen LogP contribution is 2.04. The molecule has 0 bridgehead atoms. The van der Waals surface area contributed by atoms with Gasteiger partial charge in [0.05, 0.1) is 6.04 Å². The van der Waals surface area contributed by atoms with Gasteiger partial charge in [-0.25, -0.2) is 0 Å². The Morgan fingerprint density at radius 2 is 2.43 bits per heavy atom. The van der Waals surface area contributed by atoms with Gasteiger partial charge in [-0.05, 0) is 24.6 Å². The fraction of sp³-hybridized carbons (Fsp3) is 0.750. The van der Waals surface area contributed by atoms with E-state index in [9.17, 15) is 4.79 Å². The zero-order valence-electron chi connectivity index (χ0n) is 3.78. The van der Waals surface area contributed by atoms with Crippen molar-refractivity contribution in [1.82, 2.24) is 5.32 Å². The lowest BCUT2D eigenvalue weighted by molar-refractivity contribution is -0.114. The monoisotopic (exact) mass is 119 g/mol. The van der Waals surface area contributed by atoms with E-state index in [1.807, 2.05) is 0 Å². The third kappa shape index (κ3) is 0.924. The standard InChI is InChI=1S/C4H6ClNO/c5-4(7)3-1-2-6-3/h3,6H,1-2H2/t3-/m0/s1. The van der Waals surface area contributed by atoms with Gasteiger partial charge >= 0.3 is 0 Å². The first-order valence-electron chi connectivity index (χ1n) is 2.23. The van der Waals surface area contributed by atoms with Gasteiger partial charge in [0, 0.05) is 0 Å². The maximum Gasteiger partial charge on any atom is 0.238 e. The molecule has 1 aliphatic rings. The summed E-state index contributed by atoms with van der Waals surface area (Å²) >= 11 is 5.08. The highest BCUT2D eigenvalue weighted by molar-refractivity contribution is 6.64. The second-order valence-corrected chi connectivity index (χ2v) is 1.97. The molecular weight excluding hydrogens is 114 g/mol. The van der Waals surface area contributed by atoms with Gasteiger partial charge in [-0.3, -0.25) is 4.79 Å². The van der Waals surface area contributed by atoms with Crippen LogP contribution in [0.2, 0.25) is 0 Å². The average molecular weight is 120 g/mol. The quantitative estimate of drug-likeness (QED) is 0.497. The Morgan fingerprint density at radius 1 is 1.86 bits per heavy atom. The van der Waals surface area contributed by atoms with Crippen LogP contribution >= 0.6 is 11.6 Å². The van der Waals surface area contributed by atoms with Gasteiger partial charge in [-0.1, -0.05) is 0 Å². The smallest absolute Gasteiger partial charge is 0.238 e. The first-order chi connectivity index (χ1) is 3.30. The SMILES string of the molecule is O=C(Cl)[C@@H]1CCN1. The zero-order chi connectivity index (χ0) is 5.28. The first-order valence-corrected chi connectivity index (χ1v) is 2.61. The molecule has 0 aliphatic carbocycles. The van der Waals surface area contributed by atoms with Gasteiger partial charge in [0.25, 0.3) is 0 Å². The lowest BCUT2D eigenvalue weighted by Crippen LogP contribution is -2.46. The van der Waals surface area contributed by atoms with E-state index >= 15 is 0 Å². The summed E-state index contributed by atoms with van der Waals surface area (Å²) < 4.78 is 0. The molecule has 1 N–H and O–H groups in total. The molecule has 0 amide bonds. The third-order valence-electron chi connectivity index (χ3n) is 1.10. The van der Waals surface area contributed by atoms with Gasteiger partial charge in [0.1, 0.15) is 0 Å². The van der Waals surface area contributed by atoms with Crippen LogP contribution in [0.3, 0.4) is 0 Å². The molecule has 2 nitrogen and oxygen atoms in total. The highest BCUT2D eigenvalue weighted by atomic mass is 35.5. The van der Waals surface area contributed by atoms with Crippen LogP contribution in [0.25, 0.3) is 0 Å². The molecule has 0 aromatic heterocycles. The van der Waals surface area contributed by atoms with Crippen molar-refractivity contribution >= 4 is 16.8 Å². The molecule has 1 saturated heterocycles. The van der Waals surface area contributed by atoms with E-state index in [0.29, 0.717) is 0 Å². The summed E-state index contributed by atoms with van der Waals surface area (Å²) in [5.74, 6) is 0. The summed E-state index contributed by atoms with van der Waals surface area (Å²) in [4.78, 5) is 10.1. The van der Waals surface area contributed by atoms with Crippen LogP contribution in [0.5, 0.6) is 0 Å². The third-order valence-corrected chi connectivity index (χ3v) is 1.36. The number of carbonyl (C=O) groups is 1. The molecule has 1 atom stereocenters. The molecular formula is C4H6ClNO. The molecule has 0 spiro atoms. The van der Waals surface area contributed by atoms with Crippen LogP contribution in [0.1, 0.15) is 6.42 Å². The minimum Gasteiger partial charge on any atom is -0.306 e. The minimum atomic E-state index is -0.258. The lowest BCUT2D eigenvalue weighted by Gasteiger charge is -2.22. The van der Waals surface area contributed by atoms with E-state index in [1.54, 1.807) is 0 Å². The Bertz CT molecular complexity index is 89.7. The number of hydrogen-bond donors (Lipinski definition) is 1. The summed E-state index contributed by atoms with van der Waals surface area (Å²) in [6.07, 6.45) is 0.905. The number of hydrogen-bond acceptors (Lipinski definition) is 2. The van der Waals surface area contributed by atoms with Crippen LogP contribution in [-0.2, 0) is 4.79 Å². The summed E-state index contributed by atoms with van der Waals surface area (Å²) in [5, 5.41) is 2.61. The van der Waals surface area contributed by atoms with Crippen LogP contribution in [0.4, 0.5) is 0 Å². The van der Waals surface area contributed by atoms with Crippen LogP contribution in [-0.4, -0.2) is 17.8 Å². The van der Waals surface area contributed by atoms with E-state index in [1.165, 1.54) is 0 Å². The van der Waals surface area contributed by atoms with Crippen molar-refractivity contribution in [3.8, 4) is 0 Å². The van der Waals surface area contributed by atoms with Gasteiger partial charge < -0.3 is 5.32 Å². The van der Waals surface area contributed by atoms with Crippen LogP contribution in [0.15, 0.2) is 0 Å². The van der Waals surface area contributed by atoms with Crippen LogP contribution in [0, 0.1) is 0 Å². The number of rotatable bonds is 1. The summed E-state index contributed by atoms with van der Waals surface area (Å²) in [7, 11) is 0. The molecule has 1 rings (SSSR count). The zero-order valence-corrected chi connectivity index (χ0v) is 4.53. The van der Waals surface area contributed by atoms with Crippen molar-refractivity contribution in [2.75, 3.05) is 6.54 Å². The molecule has 0 saturated carbocycles. The second-order valence-electron chi connectivity index (χ2n) is 1.60. The topological polar surface area (TPSA) is 29.1 Å². The highest BCUT2D eigenvalue weighted by Gasteiger charge is 2.21. The van der Waals surface area contributed by atoms with Crippen molar-refractivity contribution in [3.63, 3.8) is 0 Å². The predicted molar refractivity (Wildman–Crippen MR) is 27.3 cm³/mol. The first kappa shape index (κ1) is 5.06. The Balaban J connectivity index is 2.27. The molecule has 3 heteroatoms. The Hall–Kier alpha value is -0.0800. The molecule has 0 radical (unpaired) electrons. The van der Waals surface area contributed by atoms with Crippen molar-refractivity contribution in [3.05, 3.63) is 0 Å². The van der Waals surface area contributed by atoms with Crippen molar-refractivity contribution in [1.29, 1.82) is 0 Å². The van der Waals surface area contributed by atoms with E-state index in [4.69, 9.17) is 11.6 Å². The molecule has 0 unspecified atom stereocenters. The number of carbonyl (C=O) groups excluding carboxylic acids is 1. The molecule has 40 valence electrons. The summed E-state index contributed by atoms with van der Waals surface area (Å²) in [6, 6.07) is -0.0401. The fourth-order valence-corrected chi connectivity index (χ4v) is 0.669. The van der Waals surface area contributed by atoms with E-state index < -0.39 is 0 Å². The molecule has 0 aromatic rings. The van der Waals surface area contributed by atoms with Crippen LogP contribution < -0.4 is 5.32 Å². The molecule has 1 fully saturated rings. The number of halogens is 1. The Morgan fingerprint density at radius 3 is 2.43 bits per heavy atom. The summed E-state index contributed by atoms with van der Waals surface area (Å²) in [5.41, 5.74) is 0. The Kier molecular flexibility index (Phi) is 1.30. The predicted octanol–water partition coefficient (Wildman–Crippen LogP) is 0.114. The normalized spacial score (nSPS) is 29.0. The van der Waals surface area contributed by atoms with Gasteiger partial charge in [-0.2, -0.15) is 0 Å². The fourth-order valence-electron chi connectivity index (χ4n) is 0.482. The minimum absolute atomic E-state index is 0.0401.